The highest BCUT2D eigenvalue weighted by atomic mass is 16.5. The summed E-state index contributed by atoms with van der Waals surface area (Å²) in [5.41, 5.74) is 3.03. The van der Waals surface area contributed by atoms with Crippen molar-refractivity contribution in [1.82, 2.24) is 15.4 Å². The van der Waals surface area contributed by atoms with E-state index in [4.69, 9.17) is 5.21 Å². The molecule has 0 aromatic carbocycles. The number of amides is 1. The number of carbonyl (C=O) groups is 1. The summed E-state index contributed by atoms with van der Waals surface area (Å²) in [6.45, 7) is 3.61. The summed E-state index contributed by atoms with van der Waals surface area (Å²) in [7, 11) is 0. The van der Waals surface area contributed by atoms with E-state index in [9.17, 15) is 4.79 Å². The van der Waals surface area contributed by atoms with Crippen LogP contribution in [0.2, 0.25) is 0 Å². The molecule has 4 bridgehead atoms. The van der Waals surface area contributed by atoms with E-state index in [2.05, 4.69) is 15.2 Å². The minimum absolute atomic E-state index is 0.456. The van der Waals surface area contributed by atoms with Crippen molar-refractivity contribution < 1.29 is 10.0 Å². The van der Waals surface area contributed by atoms with Crippen molar-refractivity contribution >= 4 is 17.8 Å². The van der Waals surface area contributed by atoms with Crippen molar-refractivity contribution in [3.05, 3.63) is 30.0 Å². The topological polar surface area (TPSA) is 77.5 Å². The molecule has 1 saturated heterocycles. The largest absolute Gasteiger partial charge is 0.366 e. The lowest BCUT2D eigenvalue weighted by Gasteiger charge is -2.57. The highest BCUT2D eigenvalue weighted by molar-refractivity contribution is 5.90. The Kier molecular flexibility index (Phi) is 5.08. The Morgan fingerprint density at radius 2 is 1.93 bits per heavy atom. The zero-order chi connectivity index (χ0) is 19.8. The minimum atomic E-state index is -0.544. The van der Waals surface area contributed by atoms with Crippen LogP contribution in [0.1, 0.15) is 50.5 Å². The first-order valence-electron chi connectivity index (χ1n) is 11.2. The number of hydrogen-bond donors (Lipinski definition) is 3. The smallest absolute Gasteiger partial charge is 0.267 e. The Morgan fingerprint density at radius 1 is 1.21 bits per heavy atom. The molecule has 3 N–H and O–H groups in total. The molecule has 6 heteroatoms. The van der Waals surface area contributed by atoms with Crippen LogP contribution >= 0.6 is 0 Å². The molecule has 5 fully saturated rings. The summed E-state index contributed by atoms with van der Waals surface area (Å²) in [4.78, 5) is 18.2. The van der Waals surface area contributed by atoms with Crippen LogP contribution in [0.5, 0.6) is 0 Å². The van der Waals surface area contributed by atoms with Gasteiger partial charge in [-0.3, -0.25) is 10.0 Å². The van der Waals surface area contributed by atoms with Crippen LogP contribution in [0.15, 0.2) is 24.4 Å². The number of nitrogens with one attached hydrogen (secondary N) is 2. The van der Waals surface area contributed by atoms with Crippen LogP contribution in [0.25, 0.3) is 6.08 Å². The van der Waals surface area contributed by atoms with Gasteiger partial charge in [0.1, 0.15) is 5.82 Å². The van der Waals surface area contributed by atoms with Crippen molar-refractivity contribution in [3.63, 3.8) is 0 Å². The molecule has 1 aromatic rings. The highest BCUT2D eigenvalue weighted by Crippen LogP contribution is 2.60. The molecule has 156 valence electrons. The number of aromatic nitrogens is 1. The van der Waals surface area contributed by atoms with Gasteiger partial charge in [-0.05, 0) is 91.9 Å². The fourth-order valence-electron chi connectivity index (χ4n) is 7.06. The van der Waals surface area contributed by atoms with Crippen LogP contribution in [0.3, 0.4) is 0 Å². The predicted molar refractivity (Wildman–Crippen MR) is 112 cm³/mol. The van der Waals surface area contributed by atoms with E-state index in [1.54, 1.807) is 17.8 Å². The molecule has 0 unspecified atom stereocenters. The van der Waals surface area contributed by atoms with E-state index in [0.717, 1.165) is 35.7 Å². The second-order valence-electron chi connectivity index (χ2n) is 10.1. The van der Waals surface area contributed by atoms with Crippen LogP contribution in [0, 0.1) is 23.2 Å². The maximum Gasteiger partial charge on any atom is 0.267 e. The van der Waals surface area contributed by atoms with Gasteiger partial charge >= 0.3 is 0 Å². The third-order valence-corrected chi connectivity index (χ3v) is 7.67. The summed E-state index contributed by atoms with van der Waals surface area (Å²) in [6, 6.07) is 4.34. The fraction of sp³-hybridized carbons (Fsp3) is 0.652. The van der Waals surface area contributed by atoms with Gasteiger partial charge in [-0.1, -0.05) is 0 Å². The Bertz CT molecular complexity index is 740. The number of hydroxylamine groups is 1. The van der Waals surface area contributed by atoms with Crippen molar-refractivity contribution in [2.45, 2.75) is 51.0 Å². The summed E-state index contributed by atoms with van der Waals surface area (Å²) < 4.78 is 0. The SMILES string of the molecule is O=C(C=Cc1ccc(N[C@@H]2CCN(CC34CC5CC(CC(C5)C3)C4)C2)nc1)NO. The maximum atomic E-state index is 11.1. The average Bonchev–Trinajstić information content (AvgIpc) is 3.12. The van der Waals surface area contributed by atoms with E-state index < -0.39 is 5.91 Å². The average molecular weight is 397 g/mol. The number of likely N-dealkylation sites (tertiary alicyclic amines) is 1. The maximum absolute atomic E-state index is 11.1. The molecule has 0 radical (unpaired) electrons. The molecule has 4 saturated carbocycles. The number of nitrogens with zero attached hydrogens (tertiary/aromatic N) is 2. The summed E-state index contributed by atoms with van der Waals surface area (Å²) >= 11 is 0. The van der Waals surface area contributed by atoms with Crippen molar-refractivity contribution in [3.8, 4) is 0 Å². The summed E-state index contributed by atoms with van der Waals surface area (Å²) in [5.74, 6) is 3.42. The molecule has 1 atom stereocenters. The van der Waals surface area contributed by atoms with Gasteiger partial charge in [0.25, 0.3) is 5.91 Å². The normalized spacial score (nSPS) is 36.0. The molecular formula is C23H32N4O2. The molecule has 6 nitrogen and oxygen atoms in total. The van der Waals surface area contributed by atoms with E-state index >= 15 is 0 Å². The zero-order valence-electron chi connectivity index (χ0n) is 17.0. The first-order chi connectivity index (χ1) is 14.1. The summed E-state index contributed by atoms with van der Waals surface area (Å²) in [6.07, 6.45) is 14.8. The number of pyridine rings is 1. The van der Waals surface area contributed by atoms with Crippen molar-refractivity contribution in [2.24, 2.45) is 23.2 Å². The molecule has 6 rings (SSSR count). The fourth-order valence-corrected chi connectivity index (χ4v) is 7.06. The molecule has 29 heavy (non-hydrogen) atoms. The van der Waals surface area contributed by atoms with Crippen LogP contribution < -0.4 is 10.8 Å². The van der Waals surface area contributed by atoms with Gasteiger partial charge in [0.15, 0.2) is 0 Å². The standard InChI is InChI=1S/C23H32N4O2/c28-22(26-29)4-2-16-1-3-21(24-13-16)25-20-5-6-27(14-20)15-23-10-17-7-18(11-23)9-19(8-17)12-23/h1-4,13,17-20,29H,5-12,14-15H2,(H,24,25)(H,26,28)/t17?,18?,19?,20-,23?/m1/s1. The quantitative estimate of drug-likeness (QED) is 0.391. The third kappa shape index (κ3) is 4.19. The molecular weight excluding hydrogens is 364 g/mol. The van der Waals surface area contributed by atoms with Gasteiger partial charge in [-0.15, -0.1) is 0 Å². The first kappa shape index (κ1) is 19.1. The van der Waals surface area contributed by atoms with E-state index in [1.807, 2.05) is 12.1 Å². The minimum Gasteiger partial charge on any atom is -0.366 e. The van der Waals surface area contributed by atoms with Gasteiger partial charge in [0.2, 0.25) is 0 Å². The van der Waals surface area contributed by atoms with Crippen LogP contribution in [-0.4, -0.2) is 46.7 Å². The molecule has 1 aromatic heterocycles. The monoisotopic (exact) mass is 396 g/mol. The molecule has 1 aliphatic heterocycles. The number of hydrogen-bond acceptors (Lipinski definition) is 5. The van der Waals surface area contributed by atoms with E-state index in [1.165, 1.54) is 64.1 Å². The van der Waals surface area contributed by atoms with Gasteiger partial charge in [0.05, 0.1) is 0 Å². The highest BCUT2D eigenvalue weighted by Gasteiger charge is 2.51. The van der Waals surface area contributed by atoms with Gasteiger partial charge in [-0.25, -0.2) is 10.5 Å². The van der Waals surface area contributed by atoms with Gasteiger partial charge in [0, 0.05) is 37.9 Å². The summed E-state index contributed by atoms with van der Waals surface area (Å²) in [5, 5.41) is 12.1. The molecule has 1 amide bonds. The molecule has 5 aliphatic rings. The Morgan fingerprint density at radius 3 is 2.55 bits per heavy atom. The molecule has 4 aliphatic carbocycles. The van der Waals surface area contributed by atoms with Gasteiger partial charge in [-0.2, -0.15) is 0 Å². The molecule has 0 spiro atoms. The number of anilines is 1. The van der Waals surface area contributed by atoms with Gasteiger partial charge < -0.3 is 10.2 Å². The molecule has 2 heterocycles. The third-order valence-electron chi connectivity index (χ3n) is 7.67. The second-order valence-corrected chi connectivity index (χ2v) is 10.1. The van der Waals surface area contributed by atoms with Crippen molar-refractivity contribution in [1.29, 1.82) is 0 Å². The zero-order valence-corrected chi connectivity index (χ0v) is 17.0. The lowest BCUT2D eigenvalue weighted by Crippen LogP contribution is -2.51. The Hall–Kier alpha value is -1.92. The Balaban J connectivity index is 1.14. The second kappa shape index (κ2) is 7.73. The number of carbonyl (C=O) groups excluding carboxylic acids is 1. The Labute approximate surface area is 172 Å². The first-order valence-corrected chi connectivity index (χ1v) is 11.2. The van der Waals surface area contributed by atoms with Crippen LogP contribution in [0.4, 0.5) is 5.82 Å². The lowest BCUT2D eigenvalue weighted by atomic mass is 9.49. The van der Waals surface area contributed by atoms with Crippen molar-refractivity contribution in [2.75, 3.05) is 25.0 Å². The number of rotatable bonds is 6. The van der Waals surface area contributed by atoms with Crippen LogP contribution in [-0.2, 0) is 4.79 Å². The van der Waals surface area contributed by atoms with E-state index in [0.29, 0.717) is 11.5 Å². The predicted octanol–water partition coefficient (Wildman–Crippen LogP) is 3.30. The lowest BCUT2D eigenvalue weighted by molar-refractivity contribution is -0.124. The van der Waals surface area contributed by atoms with E-state index in [-0.39, 0.29) is 0 Å².